The number of anilines is 1. The molecule has 1 atom stereocenters. The lowest BCUT2D eigenvalue weighted by Crippen LogP contribution is -2.53. The highest BCUT2D eigenvalue weighted by Crippen LogP contribution is 2.36. The fraction of sp³-hybridized carbons (Fsp3) is 0.647. The number of methoxy groups -OCH3 is 1. The van der Waals surface area contributed by atoms with Gasteiger partial charge in [0.25, 0.3) is 0 Å². The molecule has 118 valence electrons. The Hall–Kier alpha value is -1.26. The molecule has 2 N–H and O–H groups in total. The topological polar surface area (TPSA) is 41.7 Å². The molecule has 0 spiro atoms. The van der Waals surface area contributed by atoms with E-state index in [1.165, 1.54) is 13.0 Å². The number of hydrogen-bond acceptors (Lipinski definition) is 4. The minimum atomic E-state index is 0.0263. The van der Waals surface area contributed by atoms with E-state index in [0.717, 1.165) is 37.4 Å². The molecule has 0 radical (unpaired) electrons. The monoisotopic (exact) mass is 291 g/mol. The summed E-state index contributed by atoms with van der Waals surface area (Å²) in [6.45, 7) is 6.34. The van der Waals surface area contributed by atoms with Gasteiger partial charge in [-0.2, -0.15) is 0 Å². The summed E-state index contributed by atoms with van der Waals surface area (Å²) >= 11 is 0. The van der Waals surface area contributed by atoms with E-state index >= 15 is 0 Å². The standard InChI is InChI=1S/C17H29N3O/c1-4-20-12-7-10-17(14-18,11-13-20)19(2)15-8-5-6-9-16(15)21-3/h5-6,8-9H,4,7,10-14,18H2,1-3H3. The van der Waals surface area contributed by atoms with E-state index in [9.17, 15) is 0 Å². The second kappa shape index (κ2) is 7.14. The molecule has 1 unspecified atom stereocenters. The third-order valence-corrected chi connectivity index (χ3v) is 5.00. The molecule has 1 aliphatic rings. The van der Waals surface area contributed by atoms with Gasteiger partial charge < -0.3 is 20.3 Å². The molecule has 4 nitrogen and oxygen atoms in total. The van der Waals surface area contributed by atoms with Crippen LogP contribution in [0.4, 0.5) is 5.69 Å². The number of likely N-dealkylation sites (N-methyl/N-ethyl adjacent to an activating group) is 1. The number of nitrogens with zero attached hydrogens (tertiary/aromatic N) is 2. The summed E-state index contributed by atoms with van der Waals surface area (Å²) in [5.74, 6) is 0.921. The molecule has 1 fully saturated rings. The minimum Gasteiger partial charge on any atom is -0.495 e. The molecule has 1 aromatic rings. The van der Waals surface area contributed by atoms with Crippen molar-refractivity contribution in [2.45, 2.75) is 31.7 Å². The Morgan fingerprint density at radius 2 is 2.05 bits per heavy atom. The SMILES string of the molecule is CCN1CCCC(CN)(N(C)c2ccccc2OC)CC1. The summed E-state index contributed by atoms with van der Waals surface area (Å²) in [4.78, 5) is 4.87. The van der Waals surface area contributed by atoms with Crippen LogP contribution in [0.5, 0.6) is 5.75 Å². The lowest BCUT2D eigenvalue weighted by atomic mass is 9.88. The van der Waals surface area contributed by atoms with Gasteiger partial charge in [-0.25, -0.2) is 0 Å². The fourth-order valence-corrected chi connectivity index (χ4v) is 3.39. The summed E-state index contributed by atoms with van der Waals surface area (Å²) in [6.07, 6.45) is 3.44. The molecule has 0 bridgehead atoms. The van der Waals surface area contributed by atoms with Crippen LogP contribution in [0.15, 0.2) is 24.3 Å². The number of hydrogen-bond donors (Lipinski definition) is 1. The number of nitrogens with two attached hydrogens (primary N) is 1. The van der Waals surface area contributed by atoms with E-state index < -0.39 is 0 Å². The maximum absolute atomic E-state index is 6.22. The molecular weight excluding hydrogens is 262 g/mol. The van der Waals surface area contributed by atoms with Crippen LogP contribution in [0.1, 0.15) is 26.2 Å². The van der Waals surface area contributed by atoms with E-state index in [2.05, 4.69) is 35.9 Å². The third kappa shape index (κ3) is 3.33. The molecule has 0 aromatic heterocycles. The zero-order chi connectivity index (χ0) is 15.3. The van der Waals surface area contributed by atoms with Crippen molar-refractivity contribution in [3.63, 3.8) is 0 Å². The lowest BCUT2D eigenvalue weighted by molar-refractivity contribution is 0.287. The van der Waals surface area contributed by atoms with Gasteiger partial charge in [0.05, 0.1) is 18.3 Å². The predicted octanol–water partition coefficient (Wildman–Crippen LogP) is 2.33. The van der Waals surface area contributed by atoms with Crippen molar-refractivity contribution in [2.24, 2.45) is 5.73 Å². The van der Waals surface area contributed by atoms with E-state index in [1.54, 1.807) is 7.11 Å². The number of likely N-dealkylation sites (tertiary alicyclic amines) is 1. The largest absolute Gasteiger partial charge is 0.495 e. The van der Waals surface area contributed by atoms with Gasteiger partial charge in [0.1, 0.15) is 5.75 Å². The Balaban J connectivity index is 2.26. The van der Waals surface area contributed by atoms with E-state index in [-0.39, 0.29) is 5.54 Å². The minimum absolute atomic E-state index is 0.0263. The molecule has 4 heteroatoms. The van der Waals surface area contributed by atoms with Gasteiger partial charge in [-0.1, -0.05) is 19.1 Å². The maximum Gasteiger partial charge on any atom is 0.142 e. The van der Waals surface area contributed by atoms with Gasteiger partial charge in [-0.3, -0.25) is 0 Å². The summed E-state index contributed by atoms with van der Waals surface area (Å²) in [5, 5.41) is 0. The quantitative estimate of drug-likeness (QED) is 0.904. The van der Waals surface area contributed by atoms with Crippen LogP contribution in [0, 0.1) is 0 Å². The highest BCUT2D eigenvalue weighted by molar-refractivity contribution is 5.59. The Bertz CT molecular complexity index is 451. The second-order valence-corrected chi connectivity index (χ2v) is 5.95. The molecule has 0 saturated carbocycles. The average Bonchev–Trinajstić information content (AvgIpc) is 2.77. The van der Waals surface area contributed by atoms with Crippen LogP contribution in [0.25, 0.3) is 0 Å². The lowest BCUT2D eigenvalue weighted by Gasteiger charge is -2.42. The van der Waals surface area contributed by atoms with Crippen molar-refractivity contribution >= 4 is 5.69 Å². The molecule has 1 aliphatic heterocycles. The van der Waals surface area contributed by atoms with Crippen molar-refractivity contribution in [1.29, 1.82) is 0 Å². The van der Waals surface area contributed by atoms with E-state index in [0.29, 0.717) is 6.54 Å². The zero-order valence-corrected chi connectivity index (χ0v) is 13.6. The Morgan fingerprint density at radius 3 is 2.71 bits per heavy atom. The van der Waals surface area contributed by atoms with Crippen LogP contribution < -0.4 is 15.4 Å². The molecule has 1 saturated heterocycles. The molecule has 1 aromatic carbocycles. The molecule has 2 rings (SSSR count). The number of ether oxygens (including phenoxy) is 1. The third-order valence-electron chi connectivity index (χ3n) is 5.00. The van der Waals surface area contributed by atoms with Crippen LogP contribution >= 0.6 is 0 Å². The summed E-state index contributed by atoms with van der Waals surface area (Å²) in [5.41, 5.74) is 7.38. The number of rotatable bonds is 5. The van der Waals surface area contributed by atoms with E-state index in [1.807, 2.05) is 12.1 Å². The normalized spacial score (nSPS) is 23.6. The van der Waals surface area contributed by atoms with Crippen molar-refractivity contribution in [3.8, 4) is 5.75 Å². The summed E-state index contributed by atoms with van der Waals surface area (Å²) in [6, 6.07) is 8.22. The van der Waals surface area contributed by atoms with Crippen LogP contribution in [-0.4, -0.2) is 50.8 Å². The van der Waals surface area contributed by atoms with Gasteiger partial charge in [0, 0.05) is 20.1 Å². The molecular formula is C17H29N3O. The Kier molecular flexibility index (Phi) is 5.48. The summed E-state index contributed by atoms with van der Waals surface area (Å²) in [7, 11) is 3.89. The first-order valence-electron chi connectivity index (χ1n) is 7.96. The first-order chi connectivity index (χ1) is 10.2. The average molecular weight is 291 g/mol. The molecule has 0 amide bonds. The predicted molar refractivity (Wildman–Crippen MR) is 89.1 cm³/mol. The molecule has 21 heavy (non-hydrogen) atoms. The van der Waals surface area contributed by atoms with Crippen LogP contribution in [0.3, 0.4) is 0 Å². The van der Waals surface area contributed by atoms with Gasteiger partial charge in [0.2, 0.25) is 0 Å². The van der Waals surface area contributed by atoms with Gasteiger partial charge in [-0.15, -0.1) is 0 Å². The first kappa shape index (κ1) is 16.1. The Morgan fingerprint density at radius 1 is 1.29 bits per heavy atom. The highest BCUT2D eigenvalue weighted by Gasteiger charge is 2.36. The molecule has 1 heterocycles. The Labute approximate surface area is 128 Å². The number of benzene rings is 1. The van der Waals surface area contributed by atoms with Gasteiger partial charge >= 0.3 is 0 Å². The van der Waals surface area contributed by atoms with Crippen molar-refractivity contribution < 1.29 is 4.74 Å². The number of para-hydroxylation sites is 2. The van der Waals surface area contributed by atoms with Crippen molar-refractivity contribution in [3.05, 3.63) is 24.3 Å². The maximum atomic E-state index is 6.22. The summed E-state index contributed by atoms with van der Waals surface area (Å²) < 4.78 is 5.53. The van der Waals surface area contributed by atoms with Crippen LogP contribution in [0.2, 0.25) is 0 Å². The van der Waals surface area contributed by atoms with Crippen molar-refractivity contribution in [1.82, 2.24) is 4.90 Å². The smallest absolute Gasteiger partial charge is 0.142 e. The van der Waals surface area contributed by atoms with Crippen LogP contribution in [-0.2, 0) is 0 Å². The zero-order valence-electron chi connectivity index (χ0n) is 13.6. The van der Waals surface area contributed by atoms with Crippen molar-refractivity contribution in [2.75, 3.05) is 45.2 Å². The van der Waals surface area contributed by atoms with Gasteiger partial charge in [0.15, 0.2) is 0 Å². The van der Waals surface area contributed by atoms with E-state index in [4.69, 9.17) is 10.5 Å². The van der Waals surface area contributed by atoms with Gasteiger partial charge in [-0.05, 0) is 44.5 Å². The fourth-order valence-electron chi connectivity index (χ4n) is 3.39. The first-order valence-corrected chi connectivity index (χ1v) is 7.96. The molecule has 0 aliphatic carbocycles. The highest BCUT2D eigenvalue weighted by atomic mass is 16.5. The second-order valence-electron chi connectivity index (χ2n) is 5.95.